The minimum absolute atomic E-state index is 0.0886. The van der Waals surface area contributed by atoms with E-state index in [-0.39, 0.29) is 10.6 Å². The van der Waals surface area contributed by atoms with E-state index in [1.165, 1.54) is 21.2 Å². The second-order valence-electron chi connectivity index (χ2n) is 5.00. The van der Waals surface area contributed by atoms with Crippen LogP contribution in [0.1, 0.15) is 0 Å². The SMILES string of the molecule is COc1ccc(-c2cn3ccnnc3n2)cc1S(=O)(=O)N(C)C. The Morgan fingerprint density at radius 1 is 1.26 bits per heavy atom. The minimum Gasteiger partial charge on any atom is -0.495 e. The van der Waals surface area contributed by atoms with Crippen LogP contribution in [0.15, 0.2) is 41.7 Å². The molecule has 0 fully saturated rings. The van der Waals surface area contributed by atoms with E-state index in [0.29, 0.717) is 17.0 Å². The zero-order chi connectivity index (χ0) is 16.6. The number of imidazole rings is 1. The average molecular weight is 333 g/mol. The molecule has 0 saturated heterocycles. The summed E-state index contributed by atoms with van der Waals surface area (Å²) in [5.41, 5.74) is 1.25. The first-order valence-electron chi connectivity index (χ1n) is 6.71. The van der Waals surface area contributed by atoms with E-state index in [1.807, 2.05) is 0 Å². The molecule has 9 heteroatoms. The lowest BCUT2D eigenvalue weighted by Crippen LogP contribution is -2.22. The van der Waals surface area contributed by atoms with Crippen LogP contribution >= 0.6 is 0 Å². The third kappa shape index (κ3) is 2.64. The van der Waals surface area contributed by atoms with Crippen molar-refractivity contribution in [3.63, 3.8) is 0 Å². The molecule has 0 aliphatic rings. The highest BCUT2D eigenvalue weighted by molar-refractivity contribution is 7.89. The molecule has 2 aromatic heterocycles. The van der Waals surface area contributed by atoms with E-state index in [0.717, 1.165) is 4.31 Å². The van der Waals surface area contributed by atoms with Crippen LogP contribution < -0.4 is 4.74 Å². The molecule has 0 aliphatic heterocycles. The van der Waals surface area contributed by atoms with E-state index in [9.17, 15) is 8.42 Å². The van der Waals surface area contributed by atoms with Gasteiger partial charge in [0.2, 0.25) is 10.0 Å². The maximum Gasteiger partial charge on any atom is 0.254 e. The van der Waals surface area contributed by atoms with Crippen molar-refractivity contribution < 1.29 is 13.2 Å². The second-order valence-corrected chi connectivity index (χ2v) is 7.12. The second kappa shape index (κ2) is 5.60. The molecule has 2 heterocycles. The first-order chi connectivity index (χ1) is 10.9. The molecule has 0 atom stereocenters. The van der Waals surface area contributed by atoms with Crippen molar-refractivity contribution in [1.29, 1.82) is 0 Å². The lowest BCUT2D eigenvalue weighted by atomic mass is 10.1. The minimum atomic E-state index is -3.63. The molecule has 0 unspecified atom stereocenters. The van der Waals surface area contributed by atoms with Gasteiger partial charge >= 0.3 is 0 Å². The van der Waals surface area contributed by atoms with Gasteiger partial charge in [-0.15, -0.1) is 5.10 Å². The third-order valence-corrected chi connectivity index (χ3v) is 5.21. The van der Waals surface area contributed by atoms with Gasteiger partial charge in [-0.05, 0) is 18.2 Å². The van der Waals surface area contributed by atoms with Gasteiger partial charge < -0.3 is 4.74 Å². The number of hydrogen-bond acceptors (Lipinski definition) is 6. The van der Waals surface area contributed by atoms with Gasteiger partial charge in [-0.2, -0.15) is 5.10 Å². The van der Waals surface area contributed by atoms with Gasteiger partial charge in [-0.3, -0.25) is 4.40 Å². The van der Waals surface area contributed by atoms with Crippen molar-refractivity contribution >= 4 is 15.8 Å². The molecule has 0 aliphatic carbocycles. The molecule has 120 valence electrons. The number of rotatable bonds is 4. The van der Waals surface area contributed by atoms with Gasteiger partial charge in [-0.1, -0.05) is 0 Å². The fourth-order valence-electron chi connectivity index (χ4n) is 2.13. The number of benzene rings is 1. The Hall–Kier alpha value is -2.52. The molecule has 0 bridgehead atoms. The zero-order valence-corrected chi connectivity index (χ0v) is 13.6. The normalized spacial score (nSPS) is 12.0. The van der Waals surface area contributed by atoms with Crippen molar-refractivity contribution in [1.82, 2.24) is 23.9 Å². The molecule has 0 N–H and O–H groups in total. The maximum absolute atomic E-state index is 12.5. The summed E-state index contributed by atoms with van der Waals surface area (Å²) >= 11 is 0. The number of sulfonamides is 1. The van der Waals surface area contributed by atoms with E-state index in [4.69, 9.17) is 4.74 Å². The molecule has 3 aromatic rings. The van der Waals surface area contributed by atoms with Crippen LogP contribution in [-0.4, -0.2) is 53.5 Å². The van der Waals surface area contributed by atoms with Crippen molar-refractivity contribution in [2.45, 2.75) is 4.90 Å². The molecule has 8 nitrogen and oxygen atoms in total. The van der Waals surface area contributed by atoms with Crippen LogP contribution in [0.2, 0.25) is 0 Å². The van der Waals surface area contributed by atoms with Gasteiger partial charge in [0.05, 0.1) is 19.0 Å². The maximum atomic E-state index is 12.5. The van der Waals surface area contributed by atoms with Crippen LogP contribution in [0.25, 0.3) is 17.0 Å². The smallest absolute Gasteiger partial charge is 0.254 e. The predicted octanol–water partition coefficient (Wildman–Crippen LogP) is 1.05. The van der Waals surface area contributed by atoms with Gasteiger partial charge in [0, 0.05) is 32.1 Å². The number of methoxy groups -OCH3 is 1. The lowest BCUT2D eigenvalue weighted by molar-refractivity contribution is 0.400. The van der Waals surface area contributed by atoms with Crippen molar-refractivity contribution in [3.05, 3.63) is 36.8 Å². The zero-order valence-electron chi connectivity index (χ0n) is 12.8. The Morgan fingerprint density at radius 2 is 2.04 bits per heavy atom. The molecule has 0 radical (unpaired) electrons. The molecule has 1 aromatic carbocycles. The molecular formula is C14H15N5O3S. The summed E-state index contributed by atoms with van der Waals surface area (Å²) in [4.78, 5) is 4.44. The number of nitrogens with zero attached hydrogens (tertiary/aromatic N) is 5. The highest BCUT2D eigenvalue weighted by Crippen LogP contribution is 2.30. The van der Waals surface area contributed by atoms with E-state index >= 15 is 0 Å². The number of ether oxygens (including phenoxy) is 1. The molecule has 0 spiro atoms. The van der Waals surface area contributed by atoms with Crippen molar-refractivity contribution in [2.75, 3.05) is 21.2 Å². The highest BCUT2D eigenvalue weighted by atomic mass is 32.2. The first-order valence-corrected chi connectivity index (χ1v) is 8.15. The Balaban J connectivity index is 2.18. The van der Waals surface area contributed by atoms with Crippen molar-refractivity contribution in [3.8, 4) is 17.0 Å². The Kier molecular flexibility index (Phi) is 3.74. The molecule has 23 heavy (non-hydrogen) atoms. The topological polar surface area (TPSA) is 89.7 Å². The highest BCUT2D eigenvalue weighted by Gasteiger charge is 2.23. The van der Waals surface area contributed by atoms with Crippen LogP contribution in [0.5, 0.6) is 5.75 Å². The summed E-state index contributed by atoms with van der Waals surface area (Å²) in [6, 6.07) is 4.91. The Morgan fingerprint density at radius 3 is 2.70 bits per heavy atom. The Bertz CT molecular complexity index is 932. The fourth-order valence-corrected chi connectivity index (χ4v) is 3.20. The van der Waals surface area contributed by atoms with E-state index in [2.05, 4.69) is 15.2 Å². The monoisotopic (exact) mass is 333 g/mol. The lowest BCUT2D eigenvalue weighted by Gasteiger charge is -2.15. The predicted molar refractivity (Wildman–Crippen MR) is 83.6 cm³/mol. The average Bonchev–Trinajstić information content (AvgIpc) is 2.98. The van der Waals surface area contributed by atoms with Crippen LogP contribution in [-0.2, 0) is 10.0 Å². The molecule has 0 amide bonds. The summed E-state index contributed by atoms with van der Waals surface area (Å²) < 4.78 is 33.0. The van der Waals surface area contributed by atoms with Crippen molar-refractivity contribution in [2.24, 2.45) is 0 Å². The summed E-state index contributed by atoms with van der Waals surface area (Å²) in [5.74, 6) is 0.723. The van der Waals surface area contributed by atoms with Gasteiger partial charge in [0.1, 0.15) is 10.6 Å². The molecule has 3 rings (SSSR count). The van der Waals surface area contributed by atoms with Gasteiger partial charge in [-0.25, -0.2) is 17.7 Å². The standard InChI is InChI=1S/C14H15N5O3S/c1-18(2)23(20,21)13-8-10(4-5-12(13)22-3)11-9-19-7-6-15-17-14(19)16-11/h4-9H,1-3H3. The number of fused-ring (bicyclic) bond motifs is 1. The van der Waals surface area contributed by atoms with Crippen LogP contribution in [0, 0.1) is 0 Å². The molecular weight excluding hydrogens is 318 g/mol. The third-order valence-electron chi connectivity index (χ3n) is 3.37. The first kappa shape index (κ1) is 15.4. The summed E-state index contributed by atoms with van der Waals surface area (Å²) in [5, 5.41) is 7.68. The van der Waals surface area contributed by atoms with Crippen LogP contribution in [0.3, 0.4) is 0 Å². The van der Waals surface area contributed by atoms with Gasteiger partial charge in [0.15, 0.2) is 0 Å². The summed E-state index contributed by atoms with van der Waals surface area (Å²) in [6.45, 7) is 0. The largest absolute Gasteiger partial charge is 0.495 e. The summed E-state index contributed by atoms with van der Waals surface area (Å²) in [6.07, 6.45) is 5.03. The number of hydrogen-bond donors (Lipinski definition) is 0. The summed E-state index contributed by atoms with van der Waals surface area (Å²) in [7, 11) is 0.749. The fraction of sp³-hybridized carbons (Fsp3) is 0.214. The molecule has 0 saturated carbocycles. The van der Waals surface area contributed by atoms with Crippen LogP contribution in [0.4, 0.5) is 0 Å². The quantitative estimate of drug-likeness (QED) is 0.709. The van der Waals surface area contributed by atoms with E-state index < -0.39 is 10.0 Å². The Labute approximate surface area is 133 Å². The van der Waals surface area contributed by atoms with E-state index in [1.54, 1.807) is 41.2 Å². The van der Waals surface area contributed by atoms with Gasteiger partial charge in [0.25, 0.3) is 5.78 Å². The number of aromatic nitrogens is 4.